The van der Waals surface area contributed by atoms with E-state index < -0.39 is 18.2 Å². The average Bonchev–Trinajstić information content (AvgIpc) is 2.14. The molecule has 1 aliphatic rings. The topological polar surface area (TPSA) is 66.8 Å². The van der Waals surface area contributed by atoms with E-state index in [-0.39, 0.29) is 6.10 Å². The van der Waals surface area contributed by atoms with E-state index in [4.69, 9.17) is 4.74 Å². The van der Waals surface area contributed by atoms with Crippen molar-refractivity contribution in [1.29, 1.82) is 0 Å². The van der Waals surface area contributed by atoms with Crippen molar-refractivity contribution in [2.45, 2.75) is 57.3 Å². The Morgan fingerprint density at radius 2 is 1.94 bits per heavy atom. The zero-order chi connectivity index (χ0) is 12.1. The van der Waals surface area contributed by atoms with Gasteiger partial charge < -0.3 is 14.9 Å². The smallest absolute Gasteiger partial charge is 0.333 e. The minimum atomic E-state index is -0.599. The van der Waals surface area contributed by atoms with Gasteiger partial charge in [-0.25, -0.2) is 4.79 Å². The number of esters is 1. The van der Waals surface area contributed by atoms with Crippen molar-refractivity contribution in [2.75, 3.05) is 0 Å². The second-order valence-electron chi connectivity index (χ2n) is 4.52. The molecule has 0 aliphatic heterocycles. The zero-order valence-corrected chi connectivity index (χ0v) is 9.69. The molecule has 0 aromatic carbocycles. The molecular formula is C12H20O4. The van der Waals surface area contributed by atoms with Crippen LogP contribution >= 0.6 is 0 Å². The molecule has 1 saturated carbocycles. The first kappa shape index (κ1) is 13.2. The number of carbonyl (C=O) groups is 1. The summed E-state index contributed by atoms with van der Waals surface area (Å²) in [5.74, 6) is -0.404. The molecule has 2 N–H and O–H groups in total. The summed E-state index contributed by atoms with van der Waals surface area (Å²) in [4.78, 5) is 11.3. The van der Waals surface area contributed by atoms with Crippen LogP contribution < -0.4 is 0 Å². The van der Waals surface area contributed by atoms with Gasteiger partial charge in [0, 0.05) is 12.0 Å². The zero-order valence-electron chi connectivity index (χ0n) is 9.69. The molecule has 4 nitrogen and oxygen atoms in total. The normalized spacial score (nSPS) is 31.3. The van der Waals surface area contributed by atoms with Crippen molar-refractivity contribution < 1.29 is 19.7 Å². The Hall–Kier alpha value is -0.870. The molecule has 0 spiro atoms. The van der Waals surface area contributed by atoms with Crippen LogP contribution in [0.25, 0.3) is 0 Å². The maximum Gasteiger partial charge on any atom is 0.333 e. The summed E-state index contributed by atoms with van der Waals surface area (Å²) >= 11 is 0. The first-order chi connectivity index (χ1) is 7.49. The number of ether oxygens (including phenoxy) is 1. The number of aliphatic hydroxyl groups excluding tert-OH is 2. The predicted molar refractivity (Wildman–Crippen MR) is 59.8 cm³/mol. The van der Waals surface area contributed by atoms with E-state index in [1.54, 1.807) is 6.92 Å². The molecule has 4 heteroatoms. The molecule has 1 rings (SSSR count). The summed E-state index contributed by atoms with van der Waals surface area (Å²) in [7, 11) is 0. The Labute approximate surface area is 95.9 Å². The molecule has 0 heterocycles. The SMILES string of the molecule is C=C(C)C(=O)OC1CCCC(O)CC(O)C1. The third-order valence-corrected chi connectivity index (χ3v) is 2.76. The fraction of sp³-hybridized carbons (Fsp3) is 0.750. The lowest BCUT2D eigenvalue weighted by Crippen LogP contribution is -2.29. The van der Waals surface area contributed by atoms with Crippen LogP contribution in [0.2, 0.25) is 0 Å². The van der Waals surface area contributed by atoms with Gasteiger partial charge in [0.15, 0.2) is 0 Å². The Balaban J connectivity index is 2.47. The standard InChI is InChI=1S/C12H20O4/c1-8(2)12(15)16-11-5-3-4-9(13)6-10(14)7-11/h9-11,13-14H,1,3-7H2,2H3. The monoisotopic (exact) mass is 228 g/mol. The Kier molecular flexibility index (Phi) is 4.96. The summed E-state index contributed by atoms with van der Waals surface area (Å²) in [6.07, 6.45) is 1.61. The van der Waals surface area contributed by atoms with Crippen molar-refractivity contribution in [2.24, 2.45) is 0 Å². The van der Waals surface area contributed by atoms with E-state index in [0.29, 0.717) is 31.3 Å². The molecule has 92 valence electrons. The molecule has 3 atom stereocenters. The van der Waals surface area contributed by atoms with Crippen LogP contribution in [-0.2, 0) is 9.53 Å². The summed E-state index contributed by atoms with van der Waals surface area (Å²) in [6.45, 7) is 5.12. The molecular weight excluding hydrogens is 208 g/mol. The van der Waals surface area contributed by atoms with E-state index in [2.05, 4.69) is 6.58 Å². The third-order valence-electron chi connectivity index (χ3n) is 2.76. The molecule has 0 amide bonds. The molecule has 16 heavy (non-hydrogen) atoms. The molecule has 3 unspecified atom stereocenters. The van der Waals surface area contributed by atoms with Gasteiger partial charge in [0.2, 0.25) is 0 Å². The van der Waals surface area contributed by atoms with Gasteiger partial charge in [-0.2, -0.15) is 0 Å². The second kappa shape index (κ2) is 6.01. The van der Waals surface area contributed by atoms with E-state index in [1.165, 1.54) is 0 Å². The number of aliphatic hydroxyl groups is 2. The van der Waals surface area contributed by atoms with Crippen LogP contribution in [0.15, 0.2) is 12.2 Å². The predicted octanol–water partition coefficient (Wildman–Crippen LogP) is 1.16. The first-order valence-corrected chi connectivity index (χ1v) is 5.71. The van der Waals surface area contributed by atoms with Gasteiger partial charge in [0.1, 0.15) is 6.10 Å². The third kappa shape index (κ3) is 4.33. The molecule has 0 bridgehead atoms. The highest BCUT2D eigenvalue weighted by Crippen LogP contribution is 2.21. The van der Waals surface area contributed by atoms with Crippen molar-refractivity contribution in [3.05, 3.63) is 12.2 Å². The summed E-state index contributed by atoms with van der Waals surface area (Å²) < 4.78 is 5.21. The Morgan fingerprint density at radius 3 is 2.56 bits per heavy atom. The fourth-order valence-corrected chi connectivity index (χ4v) is 1.89. The lowest BCUT2D eigenvalue weighted by atomic mass is 9.94. The van der Waals surface area contributed by atoms with Crippen molar-refractivity contribution >= 4 is 5.97 Å². The van der Waals surface area contributed by atoms with E-state index in [9.17, 15) is 15.0 Å². The average molecular weight is 228 g/mol. The molecule has 0 aromatic rings. The number of carbonyl (C=O) groups excluding carboxylic acids is 1. The van der Waals surface area contributed by atoms with Gasteiger partial charge >= 0.3 is 5.97 Å². The first-order valence-electron chi connectivity index (χ1n) is 5.71. The van der Waals surface area contributed by atoms with Crippen molar-refractivity contribution in [3.63, 3.8) is 0 Å². The minimum Gasteiger partial charge on any atom is -0.459 e. The maximum atomic E-state index is 11.3. The number of hydrogen-bond donors (Lipinski definition) is 2. The summed E-state index contributed by atoms with van der Waals surface area (Å²) in [6, 6.07) is 0. The largest absolute Gasteiger partial charge is 0.459 e. The highest BCUT2D eigenvalue weighted by molar-refractivity contribution is 5.87. The molecule has 1 aliphatic carbocycles. The van der Waals surface area contributed by atoms with Gasteiger partial charge in [0.25, 0.3) is 0 Å². The van der Waals surface area contributed by atoms with Gasteiger partial charge in [-0.05, 0) is 32.6 Å². The maximum absolute atomic E-state index is 11.3. The van der Waals surface area contributed by atoms with Crippen molar-refractivity contribution in [1.82, 2.24) is 0 Å². The van der Waals surface area contributed by atoms with E-state index in [0.717, 1.165) is 6.42 Å². The highest BCUT2D eigenvalue weighted by Gasteiger charge is 2.23. The Morgan fingerprint density at radius 1 is 1.25 bits per heavy atom. The highest BCUT2D eigenvalue weighted by atomic mass is 16.5. The quantitative estimate of drug-likeness (QED) is 0.550. The minimum absolute atomic E-state index is 0.258. The summed E-state index contributed by atoms with van der Waals surface area (Å²) in [5, 5.41) is 19.1. The van der Waals surface area contributed by atoms with Crippen molar-refractivity contribution in [3.8, 4) is 0 Å². The lowest BCUT2D eigenvalue weighted by molar-refractivity contribution is -0.146. The lowest BCUT2D eigenvalue weighted by Gasteiger charge is -2.25. The molecule has 0 radical (unpaired) electrons. The Bertz CT molecular complexity index is 262. The number of hydrogen-bond acceptors (Lipinski definition) is 4. The van der Waals surface area contributed by atoms with Gasteiger partial charge in [-0.1, -0.05) is 6.58 Å². The molecule has 0 aromatic heterocycles. The van der Waals surface area contributed by atoms with Crippen LogP contribution in [0.4, 0.5) is 0 Å². The van der Waals surface area contributed by atoms with E-state index in [1.807, 2.05) is 0 Å². The van der Waals surface area contributed by atoms with Crippen LogP contribution in [-0.4, -0.2) is 34.5 Å². The number of rotatable bonds is 2. The van der Waals surface area contributed by atoms with Crippen LogP contribution in [0.3, 0.4) is 0 Å². The van der Waals surface area contributed by atoms with E-state index >= 15 is 0 Å². The van der Waals surface area contributed by atoms with Crippen LogP contribution in [0.5, 0.6) is 0 Å². The van der Waals surface area contributed by atoms with Crippen LogP contribution in [0, 0.1) is 0 Å². The molecule has 0 saturated heterocycles. The van der Waals surface area contributed by atoms with Gasteiger partial charge in [0.05, 0.1) is 12.2 Å². The summed E-state index contributed by atoms with van der Waals surface area (Å²) in [5.41, 5.74) is 0.372. The van der Waals surface area contributed by atoms with Gasteiger partial charge in [-0.3, -0.25) is 0 Å². The molecule has 1 fully saturated rings. The van der Waals surface area contributed by atoms with Gasteiger partial charge in [-0.15, -0.1) is 0 Å². The van der Waals surface area contributed by atoms with Crippen LogP contribution in [0.1, 0.15) is 39.0 Å². The second-order valence-corrected chi connectivity index (χ2v) is 4.52. The fourth-order valence-electron chi connectivity index (χ4n) is 1.89.